The fourth-order valence-electron chi connectivity index (χ4n) is 2.56. The zero-order valence-electron chi connectivity index (χ0n) is 12.2. The molecule has 0 aliphatic heterocycles. The molecule has 2 saturated carbocycles. The highest BCUT2D eigenvalue weighted by Crippen LogP contribution is 2.32. The largest absolute Gasteiger partial charge is 0.357 e. The van der Waals surface area contributed by atoms with Gasteiger partial charge in [0.25, 0.3) is 0 Å². The molecule has 0 bridgehead atoms. The van der Waals surface area contributed by atoms with Crippen molar-refractivity contribution in [1.82, 2.24) is 10.6 Å². The fourth-order valence-corrected chi connectivity index (χ4v) is 3.36. The highest BCUT2D eigenvalue weighted by atomic mass is 127. The van der Waals surface area contributed by atoms with Crippen molar-refractivity contribution in [3.8, 4) is 0 Å². The summed E-state index contributed by atoms with van der Waals surface area (Å²) in [4.78, 5) is 4.70. The monoisotopic (exact) mass is 397 g/mol. The Hall–Kier alpha value is 0.350. The van der Waals surface area contributed by atoms with E-state index in [-0.39, 0.29) is 24.0 Å². The third kappa shape index (κ3) is 6.56. The van der Waals surface area contributed by atoms with Gasteiger partial charge in [-0.15, -0.1) is 24.0 Å². The Morgan fingerprint density at radius 1 is 1.26 bits per heavy atom. The second-order valence-corrected chi connectivity index (χ2v) is 6.64. The minimum atomic E-state index is 0. The fraction of sp³-hybridized carbons (Fsp3) is 0.929. The molecule has 2 fully saturated rings. The lowest BCUT2D eigenvalue weighted by atomic mass is 10.2. The molecule has 2 N–H and O–H groups in total. The van der Waals surface area contributed by atoms with Gasteiger partial charge in [-0.05, 0) is 44.8 Å². The lowest BCUT2D eigenvalue weighted by molar-refractivity contribution is 0.612. The van der Waals surface area contributed by atoms with E-state index < -0.39 is 0 Å². The minimum absolute atomic E-state index is 0. The molecule has 5 heteroatoms. The molecule has 112 valence electrons. The van der Waals surface area contributed by atoms with Crippen LogP contribution in [0.25, 0.3) is 0 Å². The summed E-state index contributed by atoms with van der Waals surface area (Å²) in [5.74, 6) is 2.01. The number of nitrogens with one attached hydrogen (secondary N) is 2. The first kappa shape index (κ1) is 17.4. The number of nitrogens with zero attached hydrogens (tertiary/aromatic N) is 1. The van der Waals surface area contributed by atoms with Crippen molar-refractivity contribution in [2.24, 2.45) is 10.9 Å². The van der Waals surface area contributed by atoms with E-state index in [0.29, 0.717) is 6.04 Å². The lowest BCUT2D eigenvalue weighted by Gasteiger charge is -2.17. The third-order valence-electron chi connectivity index (χ3n) is 3.91. The van der Waals surface area contributed by atoms with Crippen LogP contribution in [-0.2, 0) is 0 Å². The van der Waals surface area contributed by atoms with Crippen molar-refractivity contribution in [2.75, 3.05) is 19.3 Å². The van der Waals surface area contributed by atoms with E-state index in [1.165, 1.54) is 38.5 Å². The molecule has 2 aliphatic rings. The molecular formula is C14H28IN3S. The van der Waals surface area contributed by atoms with E-state index in [1.807, 2.05) is 11.8 Å². The van der Waals surface area contributed by atoms with Gasteiger partial charge in [0.05, 0.1) is 0 Å². The second kappa shape index (κ2) is 9.32. The van der Waals surface area contributed by atoms with Crippen LogP contribution in [0.15, 0.2) is 4.99 Å². The molecule has 0 radical (unpaired) electrons. The smallest absolute Gasteiger partial charge is 0.191 e. The quantitative estimate of drug-likeness (QED) is 0.411. The van der Waals surface area contributed by atoms with E-state index in [9.17, 15) is 0 Å². The minimum Gasteiger partial charge on any atom is -0.357 e. The van der Waals surface area contributed by atoms with Crippen LogP contribution in [0.4, 0.5) is 0 Å². The van der Waals surface area contributed by atoms with E-state index in [1.54, 1.807) is 0 Å². The van der Waals surface area contributed by atoms with Crippen LogP contribution in [0.5, 0.6) is 0 Å². The maximum absolute atomic E-state index is 4.70. The first-order valence-electron chi connectivity index (χ1n) is 7.39. The molecule has 0 aromatic carbocycles. The molecule has 2 unspecified atom stereocenters. The molecule has 0 aromatic heterocycles. The summed E-state index contributed by atoms with van der Waals surface area (Å²) in [5, 5.41) is 7.81. The Morgan fingerprint density at radius 2 is 2.05 bits per heavy atom. The topological polar surface area (TPSA) is 36.4 Å². The van der Waals surface area contributed by atoms with Crippen molar-refractivity contribution in [2.45, 2.75) is 56.7 Å². The molecule has 2 rings (SSSR count). The molecule has 0 amide bonds. The van der Waals surface area contributed by atoms with Crippen molar-refractivity contribution < 1.29 is 0 Å². The first-order chi connectivity index (χ1) is 8.81. The van der Waals surface area contributed by atoms with Gasteiger partial charge in [0.2, 0.25) is 0 Å². The summed E-state index contributed by atoms with van der Waals surface area (Å²) in [6, 6.07) is 0.626. The number of aliphatic imine (C=N–C) groups is 1. The van der Waals surface area contributed by atoms with Crippen molar-refractivity contribution in [3.05, 3.63) is 0 Å². The van der Waals surface area contributed by atoms with Gasteiger partial charge in [0.15, 0.2) is 5.96 Å². The van der Waals surface area contributed by atoms with E-state index in [4.69, 9.17) is 4.99 Å². The zero-order valence-corrected chi connectivity index (χ0v) is 15.3. The summed E-state index contributed by atoms with van der Waals surface area (Å²) in [5.41, 5.74) is 0. The van der Waals surface area contributed by atoms with Gasteiger partial charge in [-0.25, -0.2) is 0 Å². The van der Waals surface area contributed by atoms with Crippen LogP contribution in [0.3, 0.4) is 0 Å². The summed E-state index contributed by atoms with van der Waals surface area (Å²) in [6.07, 6.45) is 10.3. The van der Waals surface area contributed by atoms with Gasteiger partial charge in [0, 0.05) is 24.4 Å². The Balaban J connectivity index is 0.00000180. The van der Waals surface area contributed by atoms with Crippen molar-refractivity contribution in [1.29, 1.82) is 0 Å². The van der Waals surface area contributed by atoms with Gasteiger partial charge in [0.1, 0.15) is 0 Å². The molecular weight excluding hydrogens is 369 g/mol. The van der Waals surface area contributed by atoms with Crippen LogP contribution in [0.1, 0.15) is 45.4 Å². The van der Waals surface area contributed by atoms with Gasteiger partial charge in [-0.1, -0.05) is 12.8 Å². The van der Waals surface area contributed by atoms with Crippen molar-refractivity contribution >= 4 is 41.7 Å². The van der Waals surface area contributed by atoms with Crippen molar-refractivity contribution in [3.63, 3.8) is 0 Å². The Kier molecular flexibility index (Phi) is 8.53. The Labute approximate surface area is 139 Å². The van der Waals surface area contributed by atoms with E-state index in [0.717, 1.165) is 30.2 Å². The normalized spacial score (nSPS) is 26.9. The second-order valence-electron chi connectivity index (χ2n) is 5.50. The standard InChI is InChI=1S/C14H27N3S.HI/c1-3-15-14(16-9-8-11-4-5-11)17-12-6-7-13(10-12)18-2;/h11-13H,3-10H2,1-2H3,(H2,15,16,17);1H. The van der Waals surface area contributed by atoms with E-state index >= 15 is 0 Å². The molecule has 2 aliphatic carbocycles. The molecule has 0 aromatic rings. The van der Waals surface area contributed by atoms with Crippen LogP contribution in [0.2, 0.25) is 0 Å². The predicted octanol–water partition coefficient (Wildman–Crippen LogP) is 3.24. The Morgan fingerprint density at radius 3 is 2.63 bits per heavy atom. The predicted molar refractivity (Wildman–Crippen MR) is 96.8 cm³/mol. The number of hydrogen-bond acceptors (Lipinski definition) is 2. The number of rotatable bonds is 6. The number of guanidine groups is 1. The summed E-state index contributed by atoms with van der Waals surface area (Å²) >= 11 is 2.01. The first-order valence-corrected chi connectivity index (χ1v) is 8.68. The summed E-state index contributed by atoms with van der Waals surface area (Å²) < 4.78 is 0. The highest BCUT2D eigenvalue weighted by Gasteiger charge is 2.24. The molecule has 0 saturated heterocycles. The van der Waals surface area contributed by atoms with Crippen LogP contribution < -0.4 is 10.6 Å². The third-order valence-corrected chi connectivity index (χ3v) is 5.00. The van der Waals surface area contributed by atoms with E-state index in [2.05, 4.69) is 23.8 Å². The molecule has 0 spiro atoms. The zero-order chi connectivity index (χ0) is 12.8. The molecule has 0 heterocycles. The summed E-state index contributed by atoms with van der Waals surface area (Å²) in [6.45, 7) is 4.07. The van der Waals surface area contributed by atoms with Gasteiger partial charge in [-0.3, -0.25) is 4.99 Å². The number of halogens is 1. The highest BCUT2D eigenvalue weighted by molar-refractivity contribution is 14.0. The van der Waals surface area contributed by atoms with Gasteiger partial charge >= 0.3 is 0 Å². The molecule has 19 heavy (non-hydrogen) atoms. The van der Waals surface area contributed by atoms with Gasteiger partial charge < -0.3 is 10.6 Å². The molecule has 2 atom stereocenters. The SMILES string of the molecule is CCNC(=NCCC1CC1)NC1CCC(SC)C1.I. The number of hydrogen-bond donors (Lipinski definition) is 2. The van der Waals surface area contributed by atoms with Crippen LogP contribution in [-0.4, -0.2) is 36.6 Å². The summed E-state index contributed by atoms with van der Waals surface area (Å²) in [7, 11) is 0. The molecule has 3 nitrogen and oxygen atoms in total. The number of thioether (sulfide) groups is 1. The average Bonchev–Trinajstić information content (AvgIpc) is 3.08. The Bertz CT molecular complexity index is 282. The van der Waals surface area contributed by atoms with Gasteiger partial charge in [-0.2, -0.15) is 11.8 Å². The lowest BCUT2D eigenvalue weighted by Crippen LogP contribution is -2.42. The van der Waals surface area contributed by atoms with Crippen LogP contribution >= 0.6 is 35.7 Å². The maximum Gasteiger partial charge on any atom is 0.191 e. The maximum atomic E-state index is 4.70. The average molecular weight is 397 g/mol. The van der Waals surface area contributed by atoms with Crippen LogP contribution in [0, 0.1) is 5.92 Å².